The van der Waals surface area contributed by atoms with Crippen molar-refractivity contribution < 1.29 is 9.59 Å². The highest BCUT2D eigenvalue weighted by Crippen LogP contribution is 2.28. The number of hydrogen-bond donors (Lipinski definition) is 2. The molecule has 2 aromatic carbocycles. The Balaban J connectivity index is 0.00000243. The minimum absolute atomic E-state index is 0. The summed E-state index contributed by atoms with van der Waals surface area (Å²) >= 11 is 0. The van der Waals surface area contributed by atoms with Crippen molar-refractivity contribution in [3.63, 3.8) is 0 Å². The third-order valence-electron chi connectivity index (χ3n) is 4.33. The number of amides is 2. The van der Waals surface area contributed by atoms with Crippen molar-refractivity contribution in [3.05, 3.63) is 59.7 Å². The van der Waals surface area contributed by atoms with Gasteiger partial charge in [0.2, 0.25) is 11.8 Å². The number of carbonyl (C=O) groups excluding carboxylic acids is 2. The van der Waals surface area contributed by atoms with Gasteiger partial charge in [-0.3, -0.25) is 9.59 Å². The maximum atomic E-state index is 12.1. The Morgan fingerprint density at radius 3 is 2.15 bits per heavy atom. The van der Waals surface area contributed by atoms with Gasteiger partial charge in [-0.05, 0) is 48.2 Å². The number of anilines is 2. The average Bonchev–Trinajstić information content (AvgIpc) is 3.41. The highest BCUT2D eigenvalue weighted by molar-refractivity contribution is 5.92. The lowest BCUT2D eigenvalue weighted by Crippen LogP contribution is -2.30. The predicted molar refractivity (Wildman–Crippen MR) is 106 cm³/mol. The van der Waals surface area contributed by atoms with Crippen molar-refractivity contribution in [2.75, 3.05) is 11.1 Å². The number of nitrogens with two attached hydrogens (primary N) is 1. The van der Waals surface area contributed by atoms with Gasteiger partial charge in [-0.2, -0.15) is 0 Å². The van der Waals surface area contributed by atoms with Crippen LogP contribution in [0.4, 0.5) is 11.4 Å². The lowest BCUT2D eigenvalue weighted by atomic mass is 10.1. The molecule has 1 fully saturated rings. The van der Waals surface area contributed by atoms with E-state index in [0.29, 0.717) is 24.7 Å². The molecule has 3 N–H and O–H groups in total. The van der Waals surface area contributed by atoms with Crippen molar-refractivity contribution in [2.24, 2.45) is 0 Å². The van der Waals surface area contributed by atoms with E-state index < -0.39 is 0 Å². The van der Waals surface area contributed by atoms with Gasteiger partial charge in [-0.15, -0.1) is 12.4 Å². The molecule has 0 atom stereocenters. The van der Waals surface area contributed by atoms with Crippen molar-refractivity contribution in [1.29, 1.82) is 0 Å². The molecule has 138 valence electrons. The molecule has 1 aliphatic rings. The van der Waals surface area contributed by atoms with Gasteiger partial charge >= 0.3 is 0 Å². The number of benzene rings is 2. The summed E-state index contributed by atoms with van der Waals surface area (Å²) in [7, 11) is 0. The zero-order valence-corrected chi connectivity index (χ0v) is 15.6. The maximum absolute atomic E-state index is 12.1. The Morgan fingerprint density at radius 2 is 1.62 bits per heavy atom. The number of nitrogens with one attached hydrogen (secondary N) is 1. The van der Waals surface area contributed by atoms with Crippen molar-refractivity contribution >= 4 is 35.6 Å². The number of nitrogens with zero attached hydrogens (tertiary/aromatic N) is 1. The van der Waals surface area contributed by atoms with Crippen LogP contribution in [0.2, 0.25) is 0 Å². The molecule has 2 amide bonds. The Labute approximate surface area is 160 Å². The summed E-state index contributed by atoms with van der Waals surface area (Å²) in [5.74, 6) is 0.0456. The number of nitrogen functional groups attached to an aromatic ring is 1. The van der Waals surface area contributed by atoms with Crippen molar-refractivity contribution in [3.8, 4) is 0 Å². The first-order chi connectivity index (χ1) is 12.0. The molecule has 0 radical (unpaired) electrons. The maximum Gasteiger partial charge on any atom is 0.228 e. The van der Waals surface area contributed by atoms with Gasteiger partial charge in [0.25, 0.3) is 0 Å². The fourth-order valence-corrected chi connectivity index (χ4v) is 2.80. The van der Waals surface area contributed by atoms with Crippen LogP contribution in [0.5, 0.6) is 0 Å². The summed E-state index contributed by atoms with van der Waals surface area (Å²) < 4.78 is 0. The summed E-state index contributed by atoms with van der Waals surface area (Å²) in [6, 6.07) is 15.3. The molecule has 2 aromatic rings. The fraction of sp³-hybridized carbons (Fsp3) is 0.300. The second-order valence-corrected chi connectivity index (χ2v) is 6.54. The molecule has 1 aliphatic carbocycles. The monoisotopic (exact) mass is 373 g/mol. The van der Waals surface area contributed by atoms with Crippen LogP contribution < -0.4 is 11.1 Å². The first kappa shape index (κ1) is 19.8. The topological polar surface area (TPSA) is 75.4 Å². The summed E-state index contributed by atoms with van der Waals surface area (Å²) in [6.07, 6.45) is 2.50. The fourth-order valence-electron chi connectivity index (χ4n) is 2.80. The van der Waals surface area contributed by atoms with Gasteiger partial charge in [-0.25, -0.2) is 0 Å². The minimum atomic E-state index is -0.0686. The van der Waals surface area contributed by atoms with Crippen LogP contribution in [-0.2, 0) is 22.6 Å². The Kier molecular flexibility index (Phi) is 6.64. The molecule has 26 heavy (non-hydrogen) atoms. The van der Waals surface area contributed by atoms with Gasteiger partial charge in [-0.1, -0.05) is 24.3 Å². The molecule has 5 nitrogen and oxygen atoms in total. The zero-order chi connectivity index (χ0) is 17.8. The number of carbonyl (C=O) groups is 2. The molecule has 1 saturated carbocycles. The summed E-state index contributed by atoms with van der Waals surface area (Å²) in [4.78, 5) is 25.7. The molecule has 0 aromatic heterocycles. The van der Waals surface area contributed by atoms with E-state index in [-0.39, 0.29) is 24.2 Å². The van der Waals surface area contributed by atoms with Gasteiger partial charge in [0, 0.05) is 30.9 Å². The first-order valence-corrected chi connectivity index (χ1v) is 8.51. The van der Waals surface area contributed by atoms with E-state index in [1.807, 2.05) is 41.3 Å². The Morgan fingerprint density at radius 1 is 1.04 bits per heavy atom. The molecule has 0 spiro atoms. The highest BCUT2D eigenvalue weighted by Gasteiger charge is 2.30. The lowest BCUT2D eigenvalue weighted by molar-refractivity contribution is -0.130. The molecule has 3 rings (SSSR count). The number of halogens is 1. The van der Waals surface area contributed by atoms with E-state index in [1.54, 1.807) is 19.1 Å². The quantitative estimate of drug-likeness (QED) is 0.762. The van der Waals surface area contributed by atoms with Crippen LogP contribution in [-0.4, -0.2) is 22.8 Å². The van der Waals surface area contributed by atoms with Gasteiger partial charge in [0.05, 0.1) is 6.42 Å². The van der Waals surface area contributed by atoms with Gasteiger partial charge in [0.15, 0.2) is 0 Å². The highest BCUT2D eigenvalue weighted by atomic mass is 35.5. The summed E-state index contributed by atoms with van der Waals surface area (Å²) in [5, 5.41) is 2.89. The zero-order valence-electron chi connectivity index (χ0n) is 14.8. The molecule has 0 aliphatic heterocycles. The molecular formula is C20H24ClN3O2. The first-order valence-electron chi connectivity index (χ1n) is 8.51. The third kappa shape index (κ3) is 5.49. The molecule has 0 bridgehead atoms. The van der Waals surface area contributed by atoms with Crippen LogP contribution in [0.15, 0.2) is 48.5 Å². The van der Waals surface area contributed by atoms with E-state index in [9.17, 15) is 9.59 Å². The van der Waals surface area contributed by atoms with Gasteiger partial charge < -0.3 is 16.0 Å². The van der Waals surface area contributed by atoms with E-state index >= 15 is 0 Å². The molecular weight excluding hydrogens is 350 g/mol. The molecule has 0 unspecified atom stereocenters. The number of rotatable bonds is 6. The van der Waals surface area contributed by atoms with Gasteiger partial charge in [0.1, 0.15) is 0 Å². The van der Waals surface area contributed by atoms with Crippen LogP contribution in [0.1, 0.15) is 30.9 Å². The van der Waals surface area contributed by atoms with Crippen LogP contribution in [0, 0.1) is 0 Å². The van der Waals surface area contributed by atoms with Crippen LogP contribution in [0.3, 0.4) is 0 Å². The van der Waals surface area contributed by atoms with Crippen molar-refractivity contribution in [2.45, 2.75) is 38.8 Å². The van der Waals surface area contributed by atoms with Crippen LogP contribution in [0.25, 0.3) is 0 Å². The second kappa shape index (κ2) is 8.72. The molecule has 0 saturated heterocycles. The largest absolute Gasteiger partial charge is 0.399 e. The summed E-state index contributed by atoms with van der Waals surface area (Å²) in [6.45, 7) is 2.24. The third-order valence-corrected chi connectivity index (χ3v) is 4.33. The molecule has 6 heteroatoms. The predicted octanol–water partition coefficient (Wildman–Crippen LogP) is 3.38. The standard InChI is InChI=1S/C20H23N3O2.ClH/c1-14(24)23(19-10-11-19)13-16-4-8-18(9-5-16)22-20(25)12-15-2-6-17(21)7-3-15;/h2-9,19H,10-13,21H2,1H3,(H,22,25);1H. The lowest BCUT2D eigenvalue weighted by Gasteiger charge is -2.20. The molecule has 0 heterocycles. The van der Waals surface area contributed by atoms with Crippen LogP contribution >= 0.6 is 12.4 Å². The Bertz CT molecular complexity index is 756. The van der Waals surface area contributed by atoms with E-state index in [0.717, 1.165) is 29.7 Å². The van der Waals surface area contributed by atoms with Crippen molar-refractivity contribution in [1.82, 2.24) is 4.90 Å². The minimum Gasteiger partial charge on any atom is -0.399 e. The smallest absolute Gasteiger partial charge is 0.228 e. The Hall–Kier alpha value is -2.53. The van der Waals surface area contributed by atoms with E-state index in [4.69, 9.17) is 5.73 Å². The second-order valence-electron chi connectivity index (χ2n) is 6.54. The summed E-state index contributed by atoms with van der Waals surface area (Å²) in [5.41, 5.74) is 9.08. The number of hydrogen-bond acceptors (Lipinski definition) is 3. The SMILES string of the molecule is CC(=O)N(Cc1ccc(NC(=O)Cc2ccc(N)cc2)cc1)C1CC1.Cl. The van der Waals surface area contributed by atoms with E-state index in [2.05, 4.69) is 5.32 Å². The van der Waals surface area contributed by atoms with E-state index in [1.165, 1.54) is 0 Å². The normalized spacial score (nSPS) is 12.8. The average molecular weight is 374 g/mol.